The maximum Gasteiger partial charge on any atom is 0.231 e. The summed E-state index contributed by atoms with van der Waals surface area (Å²) in [6.45, 7) is 7.24. The first-order valence-corrected chi connectivity index (χ1v) is 8.28. The molecule has 1 aromatic rings. The molecule has 0 saturated carbocycles. The number of halogens is 1. The molecule has 116 valence electrons. The minimum absolute atomic E-state index is 0.261. The van der Waals surface area contributed by atoms with Crippen LogP contribution in [0.3, 0.4) is 0 Å². The Bertz CT molecular complexity index is 477. The molecule has 6 nitrogen and oxygen atoms in total. The van der Waals surface area contributed by atoms with E-state index >= 15 is 0 Å². The number of anilines is 2. The maximum absolute atomic E-state index is 6.01. The molecule has 1 N–H and O–H groups in total. The van der Waals surface area contributed by atoms with E-state index in [4.69, 9.17) is 11.6 Å². The Morgan fingerprint density at radius 2 is 1.95 bits per heavy atom. The predicted octanol–water partition coefficient (Wildman–Crippen LogP) is 2.02. The van der Waals surface area contributed by atoms with Crippen molar-refractivity contribution in [1.29, 1.82) is 0 Å². The summed E-state index contributed by atoms with van der Waals surface area (Å²) >= 11 is 6.01. The number of aromatic nitrogens is 3. The highest BCUT2D eigenvalue weighted by molar-refractivity contribution is 6.28. The normalized spacial score (nSPS) is 23.5. The SMILES string of the molecule is CCNc1nc(Cl)nc(N2CCC(N3CCCCC3)C2)n1. The van der Waals surface area contributed by atoms with E-state index in [1.165, 1.54) is 38.8 Å². The predicted molar refractivity (Wildman–Crippen MR) is 85.0 cm³/mol. The number of nitrogens with zero attached hydrogens (tertiary/aromatic N) is 5. The van der Waals surface area contributed by atoms with E-state index < -0.39 is 0 Å². The first-order chi connectivity index (χ1) is 10.3. The zero-order valence-corrected chi connectivity index (χ0v) is 13.3. The van der Waals surface area contributed by atoms with Crippen molar-refractivity contribution >= 4 is 23.5 Å². The van der Waals surface area contributed by atoms with Crippen molar-refractivity contribution in [3.05, 3.63) is 5.28 Å². The van der Waals surface area contributed by atoms with Crippen LogP contribution in [0.25, 0.3) is 0 Å². The average molecular weight is 311 g/mol. The van der Waals surface area contributed by atoms with Gasteiger partial charge in [0.1, 0.15) is 0 Å². The summed E-state index contributed by atoms with van der Waals surface area (Å²) in [4.78, 5) is 17.7. The lowest BCUT2D eigenvalue weighted by Gasteiger charge is -2.32. The molecule has 2 fully saturated rings. The molecule has 0 aliphatic carbocycles. The van der Waals surface area contributed by atoms with Gasteiger partial charge in [-0.25, -0.2) is 0 Å². The zero-order chi connectivity index (χ0) is 14.7. The quantitative estimate of drug-likeness (QED) is 0.918. The fraction of sp³-hybridized carbons (Fsp3) is 0.786. The number of piperidine rings is 1. The number of hydrogen-bond acceptors (Lipinski definition) is 6. The highest BCUT2D eigenvalue weighted by Crippen LogP contribution is 2.24. The summed E-state index contributed by atoms with van der Waals surface area (Å²) in [5.41, 5.74) is 0. The third-order valence-electron chi connectivity index (χ3n) is 4.28. The Balaban J connectivity index is 1.67. The molecule has 21 heavy (non-hydrogen) atoms. The van der Waals surface area contributed by atoms with Gasteiger partial charge in [0, 0.05) is 25.7 Å². The topological polar surface area (TPSA) is 57.2 Å². The van der Waals surface area contributed by atoms with Crippen LogP contribution in [0.4, 0.5) is 11.9 Å². The van der Waals surface area contributed by atoms with Gasteiger partial charge in [-0.05, 0) is 50.9 Å². The first-order valence-electron chi connectivity index (χ1n) is 7.90. The molecule has 7 heteroatoms. The van der Waals surface area contributed by atoms with E-state index in [0.29, 0.717) is 17.9 Å². The zero-order valence-electron chi connectivity index (χ0n) is 12.6. The van der Waals surface area contributed by atoms with Crippen molar-refractivity contribution in [2.75, 3.05) is 42.9 Å². The molecule has 2 aliphatic rings. The molecular weight excluding hydrogens is 288 g/mol. The Labute approximate surface area is 130 Å². The summed E-state index contributed by atoms with van der Waals surface area (Å²) in [6.07, 6.45) is 5.22. The number of nitrogens with one attached hydrogen (secondary N) is 1. The molecule has 0 amide bonds. The molecule has 1 unspecified atom stereocenters. The molecule has 1 atom stereocenters. The van der Waals surface area contributed by atoms with Crippen LogP contribution in [0.15, 0.2) is 0 Å². The Kier molecular flexibility index (Phi) is 4.75. The highest BCUT2D eigenvalue weighted by Gasteiger charge is 2.30. The van der Waals surface area contributed by atoms with Gasteiger partial charge in [0.25, 0.3) is 0 Å². The summed E-state index contributed by atoms with van der Waals surface area (Å²) in [5.74, 6) is 1.26. The van der Waals surface area contributed by atoms with E-state index in [0.717, 1.165) is 19.6 Å². The molecule has 3 heterocycles. The standard InChI is InChI=1S/C14H23ClN6/c1-2-16-13-17-12(15)18-14(19-13)21-9-6-11(10-21)20-7-4-3-5-8-20/h11H,2-10H2,1H3,(H,16,17,18,19). The van der Waals surface area contributed by atoms with Crippen molar-refractivity contribution < 1.29 is 0 Å². The van der Waals surface area contributed by atoms with E-state index in [9.17, 15) is 0 Å². The summed E-state index contributed by atoms with van der Waals surface area (Å²) in [7, 11) is 0. The van der Waals surface area contributed by atoms with Gasteiger partial charge in [0.2, 0.25) is 17.2 Å². The lowest BCUT2D eigenvalue weighted by molar-refractivity contribution is 0.174. The van der Waals surface area contributed by atoms with Crippen LogP contribution >= 0.6 is 11.6 Å². The van der Waals surface area contributed by atoms with Gasteiger partial charge >= 0.3 is 0 Å². The number of likely N-dealkylation sites (tertiary alicyclic amines) is 1. The Morgan fingerprint density at radius 1 is 1.14 bits per heavy atom. The molecule has 2 aliphatic heterocycles. The van der Waals surface area contributed by atoms with E-state index in [-0.39, 0.29) is 5.28 Å². The van der Waals surface area contributed by atoms with Gasteiger partial charge in [0.15, 0.2) is 0 Å². The fourth-order valence-electron chi connectivity index (χ4n) is 3.22. The third-order valence-corrected chi connectivity index (χ3v) is 4.45. The molecule has 3 rings (SSSR count). The van der Waals surface area contributed by atoms with Gasteiger partial charge in [-0.3, -0.25) is 4.90 Å². The second-order valence-corrected chi connectivity index (χ2v) is 6.08. The minimum atomic E-state index is 0.261. The largest absolute Gasteiger partial charge is 0.354 e. The first kappa shape index (κ1) is 14.8. The van der Waals surface area contributed by atoms with Crippen LogP contribution in [0.2, 0.25) is 5.28 Å². The van der Waals surface area contributed by atoms with Gasteiger partial charge in [-0.2, -0.15) is 15.0 Å². The van der Waals surface area contributed by atoms with Gasteiger partial charge in [-0.15, -0.1) is 0 Å². The molecule has 0 bridgehead atoms. The molecule has 1 aromatic heterocycles. The maximum atomic E-state index is 6.01. The van der Waals surface area contributed by atoms with Crippen LogP contribution in [0, 0.1) is 0 Å². The van der Waals surface area contributed by atoms with Gasteiger partial charge in [0.05, 0.1) is 0 Å². The van der Waals surface area contributed by atoms with Crippen molar-refractivity contribution in [3.8, 4) is 0 Å². The van der Waals surface area contributed by atoms with Crippen LogP contribution in [-0.4, -0.2) is 58.6 Å². The fourth-order valence-corrected chi connectivity index (χ4v) is 3.38. The van der Waals surface area contributed by atoms with Crippen molar-refractivity contribution in [1.82, 2.24) is 19.9 Å². The number of rotatable bonds is 4. The minimum Gasteiger partial charge on any atom is -0.354 e. The van der Waals surface area contributed by atoms with Crippen molar-refractivity contribution in [3.63, 3.8) is 0 Å². The van der Waals surface area contributed by atoms with E-state index in [2.05, 4.69) is 30.1 Å². The average Bonchev–Trinajstić information content (AvgIpc) is 2.98. The molecule has 0 radical (unpaired) electrons. The van der Waals surface area contributed by atoms with Gasteiger partial charge < -0.3 is 10.2 Å². The van der Waals surface area contributed by atoms with E-state index in [1.54, 1.807) is 0 Å². The molecule has 0 aromatic carbocycles. The van der Waals surface area contributed by atoms with Crippen LogP contribution < -0.4 is 10.2 Å². The van der Waals surface area contributed by atoms with Crippen LogP contribution in [-0.2, 0) is 0 Å². The monoisotopic (exact) mass is 310 g/mol. The molecule has 0 spiro atoms. The lowest BCUT2D eigenvalue weighted by Crippen LogP contribution is -2.41. The van der Waals surface area contributed by atoms with Crippen LogP contribution in [0.5, 0.6) is 0 Å². The van der Waals surface area contributed by atoms with Gasteiger partial charge in [-0.1, -0.05) is 6.42 Å². The lowest BCUT2D eigenvalue weighted by atomic mass is 10.1. The van der Waals surface area contributed by atoms with Crippen LogP contribution in [0.1, 0.15) is 32.6 Å². The summed E-state index contributed by atoms with van der Waals surface area (Å²) in [5, 5.41) is 3.36. The summed E-state index contributed by atoms with van der Waals surface area (Å²) < 4.78 is 0. The second kappa shape index (κ2) is 6.75. The number of hydrogen-bond donors (Lipinski definition) is 1. The smallest absolute Gasteiger partial charge is 0.231 e. The third kappa shape index (κ3) is 3.55. The molecular formula is C14H23ClN6. The Morgan fingerprint density at radius 3 is 2.71 bits per heavy atom. The molecule has 2 saturated heterocycles. The van der Waals surface area contributed by atoms with Crippen molar-refractivity contribution in [2.45, 2.75) is 38.6 Å². The second-order valence-electron chi connectivity index (χ2n) is 5.74. The Hall–Kier alpha value is -1.14. The van der Waals surface area contributed by atoms with E-state index in [1.807, 2.05) is 6.92 Å². The van der Waals surface area contributed by atoms with Crippen molar-refractivity contribution in [2.24, 2.45) is 0 Å². The highest BCUT2D eigenvalue weighted by atomic mass is 35.5. The summed E-state index contributed by atoms with van der Waals surface area (Å²) in [6, 6.07) is 0.628.